The molecule has 0 spiro atoms. The van der Waals surface area contributed by atoms with Crippen LogP contribution in [0.3, 0.4) is 0 Å². The predicted molar refractivity (Wildman–Crippen MR) is 98.6 cm³/mol. The summed E-state index contributed by atoms with van der Waals surface area (Å²) in [5, 5.41) is 5.55. The van der Waals surface area contributed by atoms with Crippen LogP contribution in [-0.4, -0.2) is 31.5 Å². The highest BCUT2D eigenvalue weighted by Gasteiger charge is 2.33. The Morgan fingerprint density at radius 3 is 2.17 bits per heavy atom. The summed E-state index contributed by atoms with van der Waals surface area (Å²) in [6.45, 7) is 6.65. The van der Waals surface area contributed by atoms with E-state index in [-0.39, 0.29) is 30.8 Å². The molecular weight excluding hydrogens is 330 g/mol. The number of rotatable bonds is 9. The topological polar surface area (TPSA) is 93.5 Å². The Morgan fingerprint density at radius 2 is 1.71 bits per heavy atom. The van der Waals surface area contributed by atoms with E-state index in [0.717, 1.165) is 0 Å². The maximum Gasteiger partial charge on any atom is 0.257 e. The fraction of sp³-hybridized carbons (Fsp3) is 0.529. The lowest BCUT2D eigenvalue weighted by Gasteiger charge is -2.28. The van der Waals surface area contributed by atoms with Crippen molar-refractivity contribution in [1.82, 2.24) is 5.32 Å². The van der Waals surface area contributed by atoms with Crippen LogP contribution in [0, 0.1) is 5.41 Å². The lowest BCUT2D eigenvalue weighted by molar-refractivity contribution is -0.125. The number of likely N-dealkylation sites (N-methyl/N-ethyl adjacent to an activating group) is 1. The number of amides is 2. The number of carbonyl (C=O) groups excluding carboxylic acids is 2. The fourth-order valence-corrected chi connectivity index (χ4v) is 2.25. The van der Waals surface area contributed by atoms with Crippen molar-refractivity contribution in [3.05, 3.63) is 24.3 Å². The van der Waals surface area contributed by atoms with Crippen LogP contribution in [0.15, 0.2) is 24.3 Å². The summed E-state index contributed by atoms with van der Waals surface area (Å²) in [6.07, 6.45) is 1.39. The highest BCUT2D eigenvalue weighted by Crippen LogP contribution is 2.27. The van der Waals surface area contributed by atoms with Gasteiger partial charge in [-0.1, -0.05) is 13.8 Å². The quantitative estimate of drug-likeness (QED) is 0.632. The molecule has 136 valence electrons. The third-order valence-electron chi connectivity index (χ3n) is 4.08. The van der Waals surface area contributed by atoms with Crippen molar-refractivity contribution in [2.24, 2.45) is 11.1 Å². The summed E-state index contributed by atoms with van der Waals surface area (Å²) >= 11 is 0. The largest absolute Gasteiger partial charge is 0.484 e. The van der Waals surface area contributed by atoms with Crippen LogP contribution in [0.25, 0.3) is 0 Å². The summed E-state index contributed by atoms with van der Waals surface area (Å²) in [5.74, 6) is 0.342. The zero-order valence-electron chi connectivity index (χ0n) is 14.6. The van der Waals surface area contributed by atoms with Gasteiger partial charge in [0.15, 0.2) is 6.61 Å². The Labute approximate surface area is 149 Å². The first-order chi connectivity index (χ1) is 11.0. The zero-order chi connectivity index (χ0) is 17.3. The van der Waals surface area contributed by atoms with Gasteiger partial charge in [0.05, 0.1) is 5.41 Å². The Kier molecular flexibility index (Phi) is 10.1. The molecule has 0 aliphatic rings. The Morgan fingerprint density at radius 1 is 1.12 bits per heavy atom. The van der Waals surface area contributed by atoms with Gasteiger partial charge >= 0.3 is 0 Å². The van der Waals surface area contributed by atoms with E-state index in [1.807, 2.05) is 20.8 Å². The summed E-state index contributed by atoms with van der Waals surface area (Å²) in [7, 11) is 0. The van der Waals surface area contributed by atoms with E-state index < -0.39 is 5.41 Å². The number of carbonyl (C=O) groups is 2. The van der Waals surface area contributed by atoms with Crippen LogP contribution in [-0.2, 0) is 9.59 Å². The van der Waals surface area contributed by atoms with Crippen molar-refractivity contribution in [3.63, 3.8) is 0 Å². The Hall–Kier alpha value is -1.79. The summed E-state index contributed by atoms with van der Waals surface area (Å²) < 4.78 is 5.37. The van der Waals surface area contributed by atoms with Gasteiger partial charge in [-0.15, -0.1) is 12.4 Å². The van der Waals surface area contributed by atoms with E-state index in [9.17, 15) is 9.59 Å². The zero-order valence-corrected chi connectivity index (χ0v) is 15.4. The maximum absolute atomic E-state index is 12.4. The molecule has 2 amide bonds. The first-order valence-corrected chi connectivity index (χ1v) is 8.02. The third-order valence-corrected chi connectivity index (χ3v) is 4.08. The number of anilines is 1. The Bertz CT molecular complexity index is 508. The monoisotopic (exact) mass is 357 g/mol. The normalized spacial score (nSPS) is 10.5. The SMILES string of the molecule is CCNC(=O)COc1ccc(NC(=O)C(CC)(CC)CN)cc1.Cl. The molecule has 1 aromatic carbocycles. The van der Waals surface area contributed by atoms with Crippen molar-refractivity contribution in [1.29, 1.82) is 0 Å². The van der Waals surface area contributed by atoms with Crippen LogP contribution < -0.4 is 21.1 Å². The van der Waals surface area contributed by atoms with Crippen LogP contribution in [0.4, 0.5) is 5.69 Å². The van der Waals surface area contributed by atoms with Crippen molar-refractivity contribution >= 4 is 29.9 Å². The second kappa shape index (κ2) is 10.9. The van der Waals surface area contributed by atoms with Crippen LogP contribution in [0.5, 0.6) is 5.75 Å². The standard InChI is InChI=1S/C17H27N3O3.ClH/c1-4-17(5-2,12-18)16(22)20-13-7-9-14(10-8-13)23-11-15(21)19-6-3;/h7-10H,4-6,11-12,18H2,1-3H3,(H,19,21)(H,20,22);1H. The molecule has 6 nitrogen and oxygen atoms in total. The van der Waals surface area contributed by atoms with Crippen LogP contribution in [0.1, 0.15) is 33.6 Å². The number of nitrogens with one attached hydrogen (secondary N) is 2. The molecule has 0 fully saturated rings. The number of nitrogens with two attached hydrogens (primary N) is 1. The van der Waals surface area contributed by atoms with E-state index in [4.69, 9.17) is 10.5 Å². The van der Waals surface area contributed by atoms with Gasteiger partial charge in [-0.3, -0.25) is 9.59 Å². The molecule has 0 bridgehead atoms. The van der Waals surface area contributed by atoms with Crippen LogP contribution in [0.2, 0.25) is 0 Å². The number of halogens is 1. The van der Waals surface area contributed by atoms with Gasteiger partial charge in [-0.2, -0.15) is 0 Å². The van der Waals surface area contributed by atoms with E-state index in [1.165, 1.54) is 0 Å². The molecule has 0 atom stereocenters. The van der Waals surface area contributed by atoms with Crippen LogP contribution >= 0.6 is 12.4 Å². The molecule has 1 aromatic rings. The van der Waals surface area contributed by atoms with Crippen molar-refractivity contribution < 1.29 is 14.3 Å². The molecule has 7 heteroatoms. The molecule has 24 heavy (non-hydrogen) atoms. The molecule has 0 aliphatic heterocycles. The van der Waals surface area contributed by atoms with E-state index in [1.54, 1.807) is 24.3 Å². The molecular formula is C17H28ClN3O3. The second-order valence-electron chi connectivity index (χ2n) is 5.41. The summed E-state index contributed by atoms with van der Waals surface area (Å²) in [5.41, 5.74) is 5.93. The summed E-state index contributed by atoms with van der Waals surface area (Å²) in [6, 6.07) is 6.93. The maximum atomic E-state index is 12.4. The van der Waals surface area contributed by atoms with Gasteiger partial charge in [0, 0.05) is 18.8 Å². The minimum absolute atomic E-state index is 0. The van der Waals surface area contributed by atoms with E-state index in [0.29, 0.717) is 37.4 Å². The van der Waals surface area contributed by atoms with Gasteiger partial charge in [-0.25, -0.2) is 0 Å². The second-order valence-corrected chi connectivity index (χ2v) is 5.41. The van der Waals surface area contributed by atoms with Gasteiger partial charge in [-0.05, 0) is 44.0 Å². The molecule has 0 radical (unpaired) electrons. The third kappa shape index (κ3) is 6.02. The molecule has 0 heterocycles. The molecule has 0 aliphatic carbocycles. The van der Waals surface area contributed by atoms with Gasteiger partial charge in [0.1, 0.15) is 5.75 Å². The molecule has 0 unspecified atom stereocenters. The van der Waals surface area contributed by atoms with Gasteiger partial charge in [0.25, 0.3) is 5.91 Å². The molecule has 1 rings (SSSR count). The average molecular weight is 358 g/mol. The fourth-order valence-electron chi connectivity index (χ4n) is 2.25. The smallest absolute Gasteiger partial charge is 0.257 e. The Balaban J connectivity index is 0.00000529. The molecule has 0 aromatic heterocycles. The van der Waals surface area contributed by atoms with E-state index in [2.05, 4.69) is 10.6 Å². The molecule has 0 saturated heterocycles. The lowest BCUT2D eigenvalue weighted by Crippen LogP contribution is -2.41. The average Bonchev–Trinajstić information content (AvgIpc) is 2.57. The van der Waals surface area contributed by atoms with Gasteiger partial charge < -0.3 is 21.1 Å². The minimum atomic E-state index is -0.534. The first-order valence-electron chi connectivity index (χ1n) is 8.02. The lowest BCUT2D eigenvalue weighted by atomic mass is 9.81. The van der Waals surface area contributed by atoms with Crippen molar-refractivity contribution in [2.75, 3.05) is 25.0 Å². The number of benzene rings is 1. The minimum Gasteiger partial charge on any atom is -0.484 e. The number of hydrogen-bond donors (Lipinski definition) is 3. The van der Waals surface area contributed by atoms with E-state index >= 15 is 0 Å². The number of ether oxygens (including phenoxy) is 1. The molecule has 4 N–H and O–H groups in total. The first kappa shape index (κ1) is 22.2. The van der Waals surface area contributed by atoms with Gasteiger partial charge in [0.2, 0.25) is 5.91 Å². The highest BCUT2D eigenvalue weighted by atomic mass is 35.5. The predicted octanol–water partition coefficient (Wildman–Crippen LogP) is 2.33. The molecule has 0 saturated carbocycles. The van der Waals surface area contributed by atoms with Crippen molar-refractivity contribution in [2.45, 2.75) is 33.6 Å². The number of hydrogen-bond acceptors (Lipinski definition) is 4. The highest BCUT2D eigenvalue weighted by molar-refractivity contribution is 5.95. The summed E-state index contributed by atoms with van der Waals surface area (Å²) in [4.78, 5) is 23.8. The van der Waals surface area contributed by atoms with Crippen molar-refractivity contribution in [3.8, 4) is 5.75 Å².